The first-order valence-electron chi connectivity index (χ1n) is 6.64. The van der Waals surface area contributed by atoms with Crippen molar-refractivity contribution in [2.45, 2.75) is 45.4 Å². The number of methoxy groups -OCH3 is 2. The SMILES string of the molecule is COc1ccc(C(C)NC(C)CC(C)O)cc1OC. The highest BCUT2D eigenvalue weighted by atomic mass is 16.5. The molecule has 3 unspecified atom stereocenters. The first-order chi connectivity index (χ1) is 8.97. The molecule has 2 N–H and O–H groups in total. The highest BCUT2D eigenvalue weighted by Crippen LogP contribution is 2.30. The summed E-state index contributed by atoms with van der Waals surface area (Å²) in [4.78, 5) is 0. The van der Waals surface area contributed by atoms with E-state index in [4.69, 9.17) is 9.47 Å². The molecule has 3 atom stereocenters. The van der Waals surface area contributed by atoms with Gasteiger partial charge in [0.05, 0.1) is 20.3 Å². The number of aliphatic hydroxyl groups excluding tert-OH is 1. The van der Waals surface area contributed by atoms with Gasteiger partial charge < -0.3 is 19.9 Å². The fourth-order valence-corrected chi connectivity index (χ4v) is 2.22. The largest absolute Gasteiger partial charge is 0.493 e. The van der Waals surface area contributed by atoms with Gasteiger partial charge in [-0.25, -0.2) is 0 Å². The van der Waals surface area contributed by atoms with Crippen LogP contribution in [-0.2, 0) is 0 Å². The molecular formula is C15H25NO3. The molecular weight excluding hydrogens is 242 g/mol. The van der Waals surface area contributed by atoms with Crippen molar-refractivity contribution in [2.75, 3.05) is 14.2 Å². The summed E-state index contributed by atoms with van der Waals surface area (Å²) in [6.07, 6.45) is 0.442. The van der Waals surface area contributed by atoms with Gasteiger partial charge in [-0.3, -0.25) is 0 Å². The van der Waals surface area contributed by atoms with E-state index in [1.54, 1.807) is 21.1 Å². The lowest BCUT2D eigenvalue weighted by Gasteiger charge is -2.22. The summed E-state index contributed by atoms with van der Waals surface area (Å²) in [7, 11) is 3.26. The van der Waals surface area contributed by atoms with Crippen LogP contribution >= 0.6 is 0 Å². The molecule has 19 heavy (non-hydrogen) atoms. The molecule has 0 aliphatic carbocycles. The smallest absolute Gasteiger partial charge is 0.161 e. The Morgan fingerprint density at radius 3 is 2.26 bits per heavy atom. The lowest BCUT2D eigenvalue weighted by Crippen LogP contribution is -2.31. The number of hydrogen-bond acceptors (Lipinski definition) is 4. The zero-order chi connectivity index (χ0) is 14.4. The summed E-state index contributed by atoms with van der Waals surface area (Å²) in [6, 6.07) is 6.35. The molecule has 1 aromatic rings. The van der Waals surface area contributed by atoms with Gasteiger partial charge >= 0.3 is 0 Å². The lowest BCUT2D eigenvalue weighted by molar-refractivity contribution is 0.168. The molecule has 4 nitrogen and oxygen atoms in total. The average Bonchev–Trinajstić information content (AvgIpc) is 2.36. The molecule has 0 aliphatic rings. The van der Waals surface area contributed by atoms with E-state index in [0.29, 0.717) is 0 Å². The zero-order valence-electron chi connectivity index (χ0n) is 12.4. The Morgan fingerprint density at radius 1 is 1.11 bits per heavy atom. The second-order valence-corrected chi connectivity index (χ2v) is 4.99. The Morgan fingerprint density at radius 2 is 1.74 bits per heavy atom. The van der Waals surface area contributed by atoms with Gasteiger partial charge in [0.2, 0.25) is 0 Å². The third-order valence-corrected chi connectivity index (χ3v) is 3.14. The van der Waals surface area contributed by atoms with Gasteiger partial charge in [0.25, 0.3) is 0 Å². The van der Waals surface area contributed by atoms with Crippen LogP contribution < -0.4 is 14.8 Å². The van der Waals surface area contributed by atoms with E-state index >= 15 is 0 Å². The van der Waals surface area contributed by atoms with E-state index in [1.807, 2.05) is 18.2 Å². The fraction of sp³-hybridized carbons (Fsp3) is 0.600. The maximum absolute atomic E-state index is 9.38. The Hall–Kier alpha value is -1.26. The summed E-state index contributed by atoms with van der Waals surface area (Å²) in [5.74, 6) is 1.47. The molecule has 0 aliphatic heterocycles. The van der Waals surface area contributed by atoms with Crippen LogP contribution in [0.3, 0.4) is 0 Å². The monoisotopic (exact) mass is 267 g/mol. The topological polar surface area (TPSA) is 50.7 Å². The predicted octanol–water partition coefficient (Wildman–Crippen LogP) is 2.51. The number of aliphatic hydroxyl groups is 1. The maximum Gasteiger partial charge on any atom is 0.161 e. The molecule has 108 valence electrons. The Kier molecular flexibility index (Phi) is 6.12. The molecule has 0 spiro atoms. The molecule has 0 radical (unpaired) electrons. The molecule has 0 aromatic heterocycles. The van der Waals surface area contributed by atoms with Crippen molar-refractivity contribution in [1.82, 2.24) is 5.32 Å². The summed E-state index contributed by atoms with van der Waals surface area (Å²) in [5, 5.41) is 12.8. The van der Waals surface area contributed by atoms with Crippen molar-refractivity contribution in [2.24, 2.45) is 0 Å². The van der Waals surface area contributed by atoms with E-state index in [9.17, 15) is 5.11 Å². The van der Waals surface area contributed by atoms with E-state index in [-0.39, 0.29) is 18.2 Å². The second kappa shape index (κ2) is 7.36. The number of nitrogens with one attached hydrogen (secondary N) is 1. The molecule has 0 heterocycles. The van der Waals surface area contributed by atoms with E-state index in [1.165, 1.54) is 0 Å². The van der Waals surface area contributed by atoms with Crippen LogP contribution in [0.4, 0.5) is 0 Å². The van der Waals surface area contributed by atoms with Crippen molar-refractivity contribution >= 4 is 0 Å². The third kappa shape index (κ3) is 4.73. The van der Waals surface area contributed by atoms with E-state index < -0.39 is 0 Å². The number of ether oxygens (including phenoxy) is 2. The molecule has 0 saturated carbocycles. The Labute approximate surface area is 115 Å². The minimum Gasteiger partial charge on any atom is -0.493 e. The highest BCUT2D eigenvalue weighted by Gasteiger charge is 2.13. The summed E-state index contributed by atoms with van der Waals surface area (Å²) >= 11 is 0. The molecule has 4 heteroatoms. The number of rotatable bonds is 7. The van der Waals surface area contributed by atoms with Crippen molar-refractivity contribution < 1.29 is 14.6 Å². The quantitative estimate of drug-likeness (QED) is 0.797. The van der Waals surface area contributed by atoms with Crippen LogP contribution in [0.15, 0.2) is 18.2 Å². The van der Waals surface area contributed by atoms with Gasteiger partial charge in [0.1, 0.15) is 0 Å². The first-order valence-corrected chi connectivity index (χ1v) is 6.64. The average molecular weight is 267 g/mol. The van der Waals surface area contributed by atoms with Crippen molar-refractivity contribution in [3.05, 3.63) is 23.8 Å². The van der Waals surface area contributed by atoms with Gasteiger partial charge in [-0.05, 0) is 44.9 Å². The standard InChI is InChI=1S/C15H25NO3/c1-10(8-11(2)17)16-12(3)13-6-7-14(18-4)15(9-13)19-5/h6-7,9-12,16-17H,8H2,1-5H3. The van der Waals surface area contributed by atoms with Crippen molar-refractivity contribution in [3.63, 3.8) is 0 Å². The van der Waals surface area contributed by atoms with E-state index in [2.05, 4.69) is 19.2 Å². The molecule has 0 fully saturated rings. The summed E-state index contributed by atoms with van der Waals surface area (Å²) < 4.78 is 10.5. The van der Waals surface area contributed by atoms with Crippen molar-refractivity contribution in [3.8, 4) is 11.5 Å². The highest BCUT2D eigenvalue weighted by molar-refractivity contribution is 5.43. The van der Waals surface area contributed by atoms with Gasteiger partial charge in [-0.15, -0.1) is 0 Å². The summed E-state index contributed by atoms with van der Waals surface area (Å²) in [6.45, 7) is 5.98. The predicted molar refractivity (Wildman–Crippen MR) is 76.9 cm³/mol. The van der Waals surface area contributed by atoms with Crippen LogP contribution in [0.5, 0.6) is 11.5 Å². The number of hydrogen-bond donors (Lipinski definition) is 2. The van der Waals surface area contributed by atoms with Gasteiger partial charge in [0, 0.05) is 12.1 Å². The van der Waals surface area contributed by atoms with Crippen LogP contribution in [0.2, 0.25) is 0 Å². The molecule has 0 amide bonds. The third-order valence-electron chi connectivity index (χ3n) is 3.14. The lowest BCUT2D eigenvalue weighted by atomic mass is 10.1. The molecule has 0 bridgehead atoms. The van der Waals surface area contributed by atoms with Gasteiger partial charge in [0.15, 0.2) is 11.5 Å². The molecule has 0 saturated heterocycles. The fourth-order valence-electron chi connectivity index (χ4n) is 2.22. The van der Waals surface area contributed by atoms with Gasteiger partial charge in [-0.2, -0.15) is 0 Å². The van der Waals surface area contributed by atoms with Crippen LogP contribution in [0.1, 0.15) is 38.8 Å². The zero-order valence-corrected chi connectivity index (χ0v) is 12.4. The van der Waals surface area contributed by atoms with Gasteiger partial charge in [-0.1, -0.05) is 6.07 Å². The van der Waals surface area contributed by atoms with Crippen LogP contribution in [0, 0.1) is 0 Å². The normalized spacial score (nSPS) is 15.7. The number of benzene rings is 1. The first kappa shape index (κ1) is 15.8. The minimum absolute atomic E-state index is 0.188. The Bertz CT molecular complexity index is 393. The summed E-state index contributed by atoms with van der Waals surface area (Å²) in [5.41, 5.74) is 1.13. The minimum atomic E-state index is -0.292. The Balaban J connectivity index is 2.74. The van der Waals surface area contributed by atoms with Crippen LogP contribution in [-0.4, -0.2) is 31.5 Å². The maximum atomic E-state index is 9.38. The molecule has 1 rings (SSSR count). The molecule has 1 aromatic carbocycles. The van der Waals surface area contributed by atoms with Crippen LogP contribution in [0.25, 0.3) is 0 Å². The second-order valence-electron chi connectivity index (χ2n) is 4.99. The van der Waals surface area contributed by atoms with E-state index in [0.717, 1.165) is 23.5 Å². The van der Waals surface area contributed by atoms with Crippen molar-refractivity contribution in [1.29, 1.82) is 0 Å².